The maximum atomic E-state index is 5.75. The highest BCUT2D eigenvalue weighted by Gasteiger charge is 2.02. The topological polar surface area (TPSA) is 9.23 Å². The standard InChI is InChI=1S/C12H14OS/c1-3-9(2)13-11-4-5-12-10(8-11)6-7-14-12/h4-9H,3H2,1-2H3. The molecule has 1 aromatic heterocycles. The molecule has 0 saturated carbocycles. The lowest BCUT2D eigenvalue weighted by Crippen LogP contribution is -2.09. The molecule has 0 aliphatic heterocycles. The van der Waals surface area contributed by atoms with Gasteiger partial charge in [0.2, 0.25) is 0 Å². The number of benzene rings is 1. The lowest BCUT2D eigenvalue weighted by atomic mass is 10.2. The van der Waals surface area contributed by atoms with E-state index in [4.69, 9.17) is 4.74 Å². The van der Waals surface area contributed by atoms with Crippen LogP contribution in [0.2, 0.25) is 0 Å². The van der Waals surface area contributed by atoms with E-state index in [0.717, 1.165) is 12.2 Å². The Morgan fingerprint density at radius 3 is 3.00 bits per heavy atom. The van der Waals surface area contributed by atoms with Crippen LogP contribution in [0.25, 0.3) is 10.1 Å². The molecule has 0 radical (unpaired) electrons. The maximum Gasteiger partial charge on any atom is 0.120 e. The molecule has 2 aromatic rings. The fraction of sp³-hybridized carbons (Fsp3) is 0.333. The molecule has 0 amide bonds. The minimum atomic E-state index is 0.297. The average Bonchev–Trinajstić information content (AvgIpc) is 2.64. The highest BCUT2D eigenvalue weighted by atomic mass is 32.1. The van der Waals surface area contributed by atoms with Gasteiger partial charge >= 0.3 is 0 Å². The van der Waals surface area contributed by atoms with Crippen LogP contribution in [0.3, 0.4) is 0 Å². The van der Waals surface area contributed by atoms with Crippen molar-refractivity contribution in [1.29, 1.82) is 0 Å². The van der Waals surface area contributed by atoms with E-state index in [-0.39, 0.29) is 0 Å². The SMILES string of the molecule is CCC(C)Oc1ccc2sccc2c1. The summed E-state index contributed by atoms with van der Waals surface area (Å²) in [5, 5.41) is 3.38. The number of hydrogen-bond donors (Lipinski definition) is 0. The first-order valence-corrected chi connectivity index (χ1v) is 5.81. The number of fused-ring (bicyclic) bond motifs is 1. The molecule has 2 heteroatoms. The Hall–Kier alpha value is -1.02. The number of thiophene rings is 1. The molecule has 1 unspecified atom stereocenters. The second-order valence-electron chi connectivity index (χ2n) is 3.46. The first kappa shape index (κ1) is 9.53. The van der Waals surface area contributed by atoms with Crippen molar-refractivity contribution >= 4 is 21.4 Å². The second-order valence-corrected chi connectivity index (χ2v) is 4.40. The predicted molar refractivity (Wildman–Crippen MR) is 62.2 cm³/mol. The normalized spacial score (nSPS) is 13.0. The van der Waals surface area contributed by atoms with Crippen molar-refractivity contribution in [2.75, 3.05) is 0 Å². The van der Waals surface area contributed by atoms with Crippen LogP contribution in [0.1, 0.15) is 20.3 Å². The third kappa shape index (κ3) is 1.90. The van der Waals surface area contributed by atoms with E-state index in [9.17, 15) is 0 Å². The highest BCUT2D eigenvalue weighted by Crippen LogP contribution is 2.25. The van der Waals surface area contributed by atoms with Crippen LogP contribution in [0.5, 0.6) is 5.75 Å². The first-order chi connectivity index (χ1) is 6.79. The van der Waals surface area contributed by atoms with Crippen LogP contribution in [-0.4, -0.2) is 6.10 Å². The van der Waals surface area contributed by atoms with Gasteiger partial charge in [-0.3, -0.25) is 0 Å². The summed E-state index contributed by atoms with van der Waals surface area (Å²) in [5.41, 5.74) is 0. The number of rotatable bonds is 3. The third-order valence-corrected chi connectivity index (χ3v) is 3.23. The van der Waals surface area contributed by atoms with Crippen LogP contribution in [0, 0.1) is 0 Å². The molecular weight excluding hydrogens is 192 g/mol. The van der Waals surface area contributed by atoms with Crippen LogP contribution in [0.4, 0.5) is 0 Å². The maximum absolute atomic E-state index is 5.75. The summed E-state index contributed by atoms with van der Waals surface area (Å²) >= 11 is 1.77. The van der Waals surface area contributed by atoms with E-state index >= 15 is 0 Å². The molecule has 0 bridgehead atoms. The molecule has 1 nitrogen and oxygen atoms in total. The lowest BCUT2D eigenvalue weighted by molar-refractivity contribution is 0.218. The summed E-state index contributed by atoms with van der Waals surface area (Å²) in [6.07, 6.45) is 1.34. The molecule has 0 saturated heterocycles. The van der Waals surface area contributed by atoms with Gasteiger partial charge in [-0.15, -0.1) is 11.3 Å². The van der Waals surface area contributed by atoms with Crippen molar-refractivity contribution < 1.29 is 4.74 Å². The van der Waals surface area contributed by atoms with Gasteiger partial charge in [0.25, 0.3) is 0 Å². The fourth-order valence-corrected chi connectivity index (χ4v) is 2.10. The van der Waals surface area contributed by atoms with E-state index in [1.54, 1.807) is 11.3 Å². The van der Waals surface area contributed by atoms with Crippen molar-refractivity contribution in [2.24, 2.45) is 0 Å². The molecular formula is C12H14OS. The van der Waals surface area contributed by atoms with Crippen molar-refractivity contribution in [3.8, 4) is 5.75 Å². The quantitative estimate of drug-likeness (QED) is 0.735. The van der Waals surface area contributed by atoms with Gasteiger partial charge in [-0.05, 0) is 48.4 Å². The van der Waals surface area contributed by atoms with Gasteiger partial charge in [-0.1, -0.05) is 6.92 Å². The zero-order valence-electron chi connectivity index (χ0n) is 8.49. The monoisotopic (exact) mass is 206 g/mol. The fourth-order valence-electron chi connectivity index (χ4n) is 1.33. The Morgan fingerprint density at radius 2 is 2.21 bits per heavy atom. The summed E-state index contributed by atoms with van der Waals surface area (Å²) < 4.78 is 7.07. The Bertz CT molecular complexity index is 419. The molecule has 1 aromatic carbocycles. The van der Waals surface area contributed by atoms with Gasteiger partial charge in [-0.2, -0.15) is 0 Å². The molecule has 0 N–H and O–H groups in total. The minimum absolute atomic E-state index is 0.297. The lowest BCUT2D eigenvalue weighted by Gasteiger charge is -2.12. The van der Waals surface area contributed by atoms with Crippen molar-refractivity contribution in [2.45, 2.75) is 26.4 Å². The molecule has 2 rings (SSSR count). The first-order valence-electron chi connectivity index (χ1n) is 4.93. The number of ether oxygens (including phenoxy) is 1. The van der Waals surface area contributed by atoms with Gasteiger partial charge in [0.1, 0.15) is 5.75 Å². The van der Waals surface area contributed by atoms with Crippen molar-refractivity contribution in [3.63, 3.8) is 0 Å². The van der Waals surface area contributed by atoms with Crippen LogP contribution >= 0.6 is 11.3 Å². The minimum Gasteiger partial charge on any atom is -0.491 e. The Kier molecular flexibility index (Phi) is 2.73. The zero-order chi connectivity index (χ0) is 9.97. The molecule has 0 fully saturated rings. The average molecular weight is 206 g/mol. The number of hydrogen-bond acceptors (Lipinski definition) is 2. The van der Waals surface area contributed by atoms with Crippen molar-refractivity contribution in [1.82, 2.24) is 0 Å². The summed E-state index contributed by atoms with van der Waals surface area (Å²) in [5.74, 6) is 0.977. The van der Waals surface area contributed by atoms with Gasteiger partial charge in [0, 0.05) is 4.70 Å². The van der Waals surface area contributed by atoms with Gasteiger partial charge in [0.15, 0.2) is 0 Å². The van der Waals surface area contributed by atoms with Gasteiger partial charge < -0.3 is 4.74 Å². The van der Waals surface area contributed by atoms with E-state index < -0.39 is 0 Å². The van der Waals surface area contributed by atoms with E-state index in [2.05, 4.69) is 37.4 Å². The van der Waals surface area contributed by atoms with Crippen LogP contribution in [-0.2, 0) is 0 Å². The second kappa shape index (κ2) is 4.01. The van der Waals surface area contributed by atoms with Crippen LogP contribution in [0.15, 0.2) is 29.6 Å². The summed E-state index contributed by atoms with van der Waals surface area (Å²) in [6.45, 7) is 4.23. The van der Waals surface area contributed by atoms with Crippen LogP contribution < -0.4 is 4.74 Å². The molecule has 0 spiro atoms. The molecule has 1 atom stereocenters. The van der Waals surface area contributed by atoms with E-state index in [1.807, 2.05) is 6.07 Å². The smallest absolute Gasteiger partial charge is 0.120 e. The Labute approximate surface area is 88.3 Å². The molecule has 1 heterocycles. The largest absolute Gasteiger partial charge is 0.491 e. The van der Waals surface area contributed by atoms with E-state index in [0.29, 0.717) is 6.10 Å². The molecule has 0 aliphatic rings. The summed E-state index contributed by atoms with van der Waals surface area (Å²) in [6, 6.07) is 8.41. The Balaban J connectivity index is 2.25. The predicted octanol–water partition coefficient (Wildman–Crippen LogP) is 4.08. The highest BCUT2D eigenvalue weighted by molar-refractivity contribution is 7.17. The van der Waals surface area contributed by atoms with Crippen molar-refractivity contribution in [3.05, 3.63) is 29.6 Å². The Morgan fingerprint density at radius 1 is 1.36 bits per heavy atom. The van der Waals surface area contributed by atoms with E-state index in [1.165, 1.54) is 10.1 Å². The molecule has 74 valence electrons. The third-order valence-electron chi connectivity index (χ3n) is 2.34. The van der Waals surface area contributed by atoms with Gasteiger partial charge in [0.05, 0.1) is 6.10 Å². The summed E-state index contributed by atoms with van der Waals surface area (Å²) in [7, 11) is 0. The molecule has 14 heavy (non-hydrogen) atoms. The zero-order valence-corrected chi connectivity index (χ0v) is 9.30. The summed E-state index contributed by atoms with van der Waals surface area (Å²) in [4.78, 5) is 0. The van der Waals surface area contributed by atoms with Gasteiger partial charge in [-0.25, -0.2) is 0 Å². The molecule has 0 aliphatic carbocycles.